The molecular weight excluding hydrogens is 433 g/mol. The molecule has 4 aliphatic carbocycles. The van der Waals surface area contributed by atoms with Crippen LogP contribution < -0.4 is 11.1 Å². The average molecular weight is 464 g/mol. The van der Waals surface area contributed by atoms with Gasteiger partial charge in [0, 0.05) is 6.79 Å². The number of hydrogen-bond acceptors (Lipinski definition) is 4. The first-order valence-corrected chi connectivity index (χ1v) is 11.1. The molecule has 4 bridgehead atoms. The zero-order valence-corrected chi connectivity index (χ0v) is 18.7. The topological polar surface area (TPSA) is 101 Å². The summed E-state index contributed by atoms with van der Waals surface area (Å²) in [7, 11) is 0. The third kappa shape index (κ3) is 4.58. The van der Waals surface area contributed by atoms with Crippen molar-refractivity contribution in [2.24, 2.45) is 33.9 Å². The lowest BCUT2D eigenvalue weighted by Gasteiger charge is -2.57. The molecule has 1 amide bonds. The Morgan fingerprint density at radius 2 is 2.00 bits per heavy atom. The lowest BCUT2D eigenvalue weighted by atomic mass is 9.48. The van der Waals surface area contributed by atoms with Gasteiger partial charge in [0.25, 0.3) is 0 Å². The molecule has 0 aromatic heterocycles. The van der Waals surface area contributed by atoms with Crippen LogP contribution in [0.4, 0.5) is 13.2 Å². The van der Waals surface area contributed by atoms with Crippen LogP contribution >= 0.6 is 0 Å². The first-order valence-electron chi connectivity index (χ1n) is 11.6. The summed E-state index contributed by atoms with van der Waals surface area (Å²) < 4.78 is 53.6. The van der Waals surface area contributed by atoms with Crippen LogP contribution in [0, 0.1) is 34.6 Å². The van der Waals surface area contributed by atoms with Crippen LogP contribution in [0.1, 0.15) is 58.4 Å². The van der Waals surface area contributed by atoms with Gasteiger partial charge in [-0.2, -0.15) is 18.4 Å². The number of primary amides is 1. The number of ether oxygens (including phenoxy) is 1. The second kappa shape index (κ2) is 8.32. The SMILES string of the molecule is [2H]C12CC3CC(CC(C(N)=O)(C3)C1)C2N=C(NC#N)C(C)(C)OCc1ccc(C(F)(F)F)cc1. The molecule has 178 valence electrons. The minimum absolute atomic E-state index is 0.0181. The number of amides is 1. The molecule has 0 radical (unpaired) electrons. The number of nitrogens with two attached hydrogens (primary N) is 1. The number of hydrogen-bond donors (Lipinski definition) is 2. The van der Waals surface area contributed by atoms with E-state index < -0.39 is 34.7 Å². The van der Waals surface area contributed by atoms with Crippen molar-refractivity contribution in [3.05, 3.63) is 35.4 Å². The number of carbonyl (C=O) groups excluding carboxylic acids is 1. The Bertz CT molecular complexity index is 1040. The second-order valence-corrected chi connectivity index (χ2v) is 10.1. The van der Waals surface area contributed by atoms with E-state index in [0.717, 1.165) is 25.0 Å². The van der Waals surface area contributed by atoms with Gasteiger partial charge in [-0.05, 0) is 81.4 Å². The van der Waals surface area contributed by atoms with E-state index in [4.69, 9.17) is 16.8 Å². The highest BCUT2D eigenvalue weighted by Gasteiger charge is 2.58. The molecule has 5 unspecified atom stereocenters. The summed E-state index contributed by atoms with van der Waals surface area (Å²) in [5.74, 6) is -0.714. The van der Waals surface area contributed by atoms with E-state index in [0.29, 0.717) is 24.8 Å². The summed E-state index contributed by atoms with van der Waals surface area (Å²) >= 11 is 0. The Morgan fingerprint density at radius 3 is 2.58 bits per heavy atom. The van der Waals surface area contributed by atoms with Crippen molar-refractivity contribution in [3.63, 3.8) is 0 Å². The molecule has 0 saturated heterocycles. The minimum Gasteiger partial charge on any atom is -0.369 e. The van der Waals surface area contributed by atoms with Crippen molar-refractivity contribution in [2.75, 3.05) is 0 Å². The van der Waals surface area contributed by atoms with Crippen LogP contribution in [0.5, 0.6) is 0 Å². The van der Waals surface area contributed by atoms with Gasteiger partial charge in [0.1, 0.15) is 11.4 Å². The molecule has 0 spiro atoms. The third-order valence-electron chi connectivity index (χ3n) is 7.37. The van der Waals surface area contributed by atoms with E-state index in [1.807, 2.05) is 6.19 Å². The monoisotopic (exact) mass is 463 g/mol. The molecule has 1 aromatic carbocycles. The van der Waals surface area contributed by atoms with E-state index in [1.165, 1.54) is 12.1 Å². The molecule has 0 aliphatic heterocycles. The van der Waals surface area contributed by atoms with Gasteiger partial charge in [-0.3, -0.25) is 15.1 Å². The normalized spacial score (nSPS) is 34.0. The van der Waals surface area contributed by atoms with Gasteiger partial charge in [0.05, 0.1) is 18.2 Å². The number of aliphatic imine (C=N–C) groups is 1. The van der Waals surface area contributed by atoms with E-state index in [1.54, 1.807) is 13.8 Å². The maximum Gasteiger partial charge on any atom is 0.416 e. The van der Waals surface area contributed by atoms with Crippen LogP contribution in [-0.4, -0.2) is 23.4 Å². The van der Waals surface area contributed by atoms with Crippen molar-refractivity contribution in [3.8, 4) is 6.19 Å². The highest BCUT2D eigenvalue weighted by Crippen LogP contribution is 2.60. The molecule has 6 nitrogen and oxygen atoms in total. The molecule has 33 heavy (non-hydrogen) atoms. The number of amidine groups is 1. The Morgan fingerprint density at radius 1 is 1.30 bits per heavy atom. The maximum atomic E-state index is 12.8. The van der Waals surface area contributed by atoms with Crippen molar-refractivity contribution >= 4 is 11.7 Å². The van der Waals surface area contributed by atoms with Gasteiger partial charge in [0.15, 0.2) is 6.19 Å². The number of carbonyl (C=O) groups is 1. The van der Waals surface area contributed by atoms with Gasteiger partial charge in [-0.1, -0.05) is 12.1 Å². The van der Waals surface area contributed by atoms with Crippen LogP contribution in [0.2, 0.25) is 0 Å². The zero-order chi connectivity index (χ0) is 24.9. The highest BCUT2D eigenvalue weighted by atomic mass is 19.4. The highest BCUT2D eigenvalue weighted by molar-refractivity contribution is 5.91. The fraction of sp³-hybridized carbons (Fsp3) is 0.625. The molecule has 0 heterocycles. The minimum atomic E-state index is -4.41. The molecule has 4 aliphatic rings. The number of halogens is 3. The Hall–Kier alpha value is -2.60. The molecule has 5 atom stereocenters. The van der Waals surface area contributed by atoms with Gasteiger partial charge < -0.3 is 10.5 Å². The molecule has 4 fully saturated rings. The van der Waals surface area contributed by atoms with Crippen molar-refractivity contribution in [2.45, 2.75) is 70.4 Å². The van der Waals surface area contributed by atoms with Crippen molar-refractivity contribution < 1.29 is 24.1 Å². The van der Waals surface area contributed by atoms with E-state index >= 15 is 0 Å². The molecule has 1 aromatic rings. The Kier molecular flexibility index (Phi) is 5.60. The first kappa shape index (κ1) is 22.2. The van der Waals surface area contributed by atoms with E-state index in [9.17, 15) is 23.2 Å². The largest absolute Gasteiger partial charge is 0.416 e. The fourth-order valence-corrected chi connectivity index (χ4v) is 5.85. The first-order chi connectivity index (χ1) is 15.8. The summed E-state index contributed by atoms with van der Waals surface area (Å²) in [6.07, 6.45) is 0.685. The number of benzene rings is 1. The fourth-order valence-electron chi connectivity index (χ4n) is 5.85. The summed E-state index contributed by atoms with van der Waals surface area (Å²) in [6.45, 7) is 3.46. The van der Waals surface area contributed by atoms with Gasteiger partial charge in [-0.25, -0.2) is 0 Å². The number of nitrogens with zero attached hydrogens (tertiary/aromatic N) is 2. The predicted octanol–water partition coefficient (Wildman–Crippen LogP) is 4.15. The lowest BCUT2D eigenvalue weighted by molar-refractivity contribution is -0.144. The summed E-state index contributed by atoms with van der Waals surface area (Å²) in [6, 6.07) is 4.31. The Labute approximate surface area is 192 Å². The van der Waals surface area contributed by atoms with E-state index in [2.05, 4.69) is 5.32 Å². The standard InChI is InChI=1S/C24H29F3N4O2/c1-22(2,33-12-14-3-5-18(6-4-14)24(25,26)27)21(30-13-28)31-19-16-7-15-8-17(19)11-23(9-15,10-16)20(29)32/h3-6,15-17,19H,7-12H2,1-2H3,(H2,29,32)(H,30,31)/i16D. The summed E-state index contributed by atoms with van der Waals surface area (Å²) in [5.41, 5.74) is 3.85. The quantitative estimate of drug-likeness (QED) is 0.286. The second-order valence-electron chi connectivity index (χ2n) is 10.1. The molecule has 4 saturated carbocycles. The third-order valence-corrected chi connectivity index (χ3v) is 7.37. The zero-order valence-electron chi connectivity index (χ0n) is 19.7. The number of nitrogens with one attached hydrogen (secondary N) is 1. The summed E-state index contributed by atoms with van der Waals surface area (Å²) in [4.78, 5) is 17.1. The molecule has 9 heteroatoms. The van der Waals surface area contributed by atoms with Gasteiger partial charge >= 0.3 is 6.18 Å². The Balaban J connectivity index is 1.54. The number of alkyl halides is 3. The predicted molar refractivity (Wildman–Crippen MR) is 115 cm³/mol. The van der Waals surface area contributed by atoms with Crippen molar-refractivity contribution in [1.29, 1.82) is 5.26 Å². The van der Waals surface area contributed by atoms with Crippen LogP contribution in [-0.2, 0) is 22.3 Å². The smallest absolute Gasteiger partial charge is 0.369 e. The number of nitriles is 1. The van der Waals surface area contributed by atoms with Crippen LogP contribution in [0.3, 0.4) is 0 Å². The molecule has 5 rings (SSSR count). The van der Waals surface area contributed by atoms with Crippen LogP contribution in [0.15, 0.2) is 29.3 Å². The maximum absolute atomic E-state index is 12.8. The van der Waals surface area contributed by atoms with Gasteiger partial charge in [0.2, 0.25) is 5.91 Å². The van der Waals surface area contributed by atoms with Gasteiger partial charge in [-0.15, -0.1) is 0 Å². The van der Waals surface area contributed by atoms with Crippen LogP contribution in [0.25, 0.3) is 0 Å². The average Bonchev–Trinajstić information content (AvgIpc) is 2.73. The molecular formula is C24H29F3N4O2. The number of rotatable bonds is 6. The lowest BCUT2D eigenvalue weighted by Crippen LogP contribution is -2.58. The summed E-state index contributed by atoms with van der Waals surface area (Å²) in [5, 5.41) is 11.9. The van der Waals surface area contributed by atoms with E-state index in [-0.39, 0.29) is 30.2 Å². The molecule has 3 N–H and O–H groups in total. The van der Waals surface area contributed by atoms with Crippen molar-refractivity contribution in [1.82, 2.24) is 5.32 Å².